The molecular formula is C25H32O4Si. The predicted octanol–water partition coefficient (Wildman–Crippen LogP) is 3.67. The van der Waals surface area contributed by atoms with Crippen molar-refractivity contribution in [3.05, 3.63) is 60.7 Å². The van der Waals surface area contributed by atoms with Crippen LogP contribution in [-0.2, 0) is 18.7 Å². The zero-order valence-corrected chi connectivity index (χ0v) is 19.3. The molecule has 0 spiro atoms. The molecule has 2 heterocycles. The first-order valence-corrected chi connectivity index (χ1v) is 12.8. The molecule has 0 radical (unpaired) electrons. The lowest BCUT2D eigenvalue weighted by atomic mass is 9.96. The van der Waals surface area contributed by atoms with Crippen molar-refractivity contribution in [1.29, 1.82) is 0 Å². The average Bonchev–Trinajstić information content (AvgIpc) is 3.11. The first-order valence-electron chi connectivity index (χ1n) is 10.9. The summed E-state index contributed by atoms with van der Waals surface area (Å²) in [5.41, 5.74) is 0. The summed E-state index contributed by atoms with van der Waals surface area (Å²) < 4.78 is 18.9. The molecular weight excluding hydrogens is 392 g/mol. The predicted molar refractivity (Wildman–Crippen MR) is 121 cm³/mol. The topological polar surface area (TPSA) is 44.8 Å². The molecule has 2 aromatic carbocycles. The van der Waals surface area contributed by atoms with E-state index in [-0.39, 0.29) is 35.2 Å². The third-order valence-corrected chi connectivity index (χ3v) is 11.4. The first kappa shape index (κ1) is 21.3. The summed E-state index contributed by atoms with van der Waals surface area (Å²) in [6.07, 6.45) is 1.24. The normalized spacial score (nSPS) is 26.9. The molecule has 0 aliphatic carbocycles. The lowest BCUT2D eigenvalue weighted by molar-refractivity contribution is -0.166. The third-order valence-electron chi connectivity index (χ3n) is 6.44. The van der Waals surface area contributed by atoms with Gasteiger partial charge < -0.3 is 13.9 Å². The van der Waals surface area contributed by atoms with Crippen LogP contribution in [-0.4, -0.2) is 39.2 Å². The van der Waals surface area contributed by atoms with E-state index in [1.165, 1.54) is 10.4 Å². The highest BCUT2D eigenvalue weighted by Crippen LogP contribution is 2.38. The van der Waals surface area contributed by atoms with Gasteiger partial charge >= 0.3 is 5.97 Å². The molecule has 0 saturated carbocycles. The lowest BCUT2D eigenvalue weighted by Gasteiger charge is -2.43. The van der Waals surface area contributed by atoms with Crippen LogP contribution >= 0.6 is 0 Å². The molecule has 0 unspecified atom stereocenters. The number of benzene rings is 2. The number of rotatable bonds is 5. The van der Waals surface area contributed by atoms with E-state index in [2.05, 4.69) is 81.4 Å². The van der Waals surface area contributed by atoms with Crippen LogP contribution in [0.15, 0.2) is 60.7 Å². The van der Waals surface area contributed by atoms with E-state index >= 15 is 0 Å². The molecule has 2 aliphatic heterocycles. The molecule has 160 valence electrons. The van der Waals surface area contributed by atoms with Crippen molar-refractivity contribution in [2.45, 2.75) is 63.9 Å². The van der Waals surface area contributed by atoms with Gasteiger partial charge in [0.2, 0.25) is 0 Å². The molecule has 2 fully saturated rings. The molecule has 5 heteroatoms. The largest absolute Gasteiger partial charge is 0.459 e. The number of esters is 1. The van der Waals surface area contributed by atoms with Crippen LogP contribution in [0.2, 0.25) is 5.04 Å². The number of ether oxygens (including phenoxy) is 2. The fraction of sp³-hybridized carbons (Fsp3) is 0.480. The van der Waals surface area contributed by atoms with Crippen molar-refractivity contribution in [2.75, 3.05) is 6.61 Å². The van der Waals surface area contributed by atoms with Gasteiger partial charge in [0.25, 0.3) is 8.32 Å². The van der Waals surface area contributed by atoms with Crippen molar-refractivity contribution >= 4 is 24.7 Å². The van der Waals surface area contributed by atoms with Gasteiger partial charge in [0, 0.05) is 6.42 Å². The Morgan fingerprint density at radius 1 is 0.933 bits per heavy atom. The summed E-state index contributed by atoms with van der Waals surface area (Å²) in [4.78, 5) is 12.0. The van der Waals surface area contributed by atoms with Crippen molar-refractivity contribution < 1.29 is 18.7 Å². The SMILES string of the molecule is C[C@@H]1C[C@H]2O[C@H](CO[Si](c3ccccc3)(c3ccccc3)C(C)(C)C)C[C@H]2OC1=O. The standard InChI is InChI=1S/C25H32O4Si/c1-18-15-22-23(29-24(18)26)16-19(28-22)17-27-30(25(2,3)4,20-11-7-5-8-12-20)21-13-9-6-10-14-21/h5-14,18-19,22-23H,15-17H2,1-4H3/t18-,19+,22-,23-/m1/s1. The van der Waals surface area contributed by atoms with E-state index < -0.39 is 8.32 Å². The van der Waals surface area contributed by atoms with Crippen LogP contribution in [0.25, 0.3) is 0 Å². The van der Waals surface area contributed by atoms with Gasteiger partial charge in [0.15, 0.2) is 0 Å². The van der Waals surface area contributed by atoms with Gasteiger partial charge in [0.1, 0.15) is 6.10 Å². The van der Waals surface area contributed by atoms with E-state index in [1.807, 2.05) is 6.92 Å². The van der Waals surface area contributed by atoms with E-state index in [0.717, 1.165) is 6.42 Å². The zero-order valence-electron chi connectivity index (χ0n) is 18.3. The van der Waals surface area contributed by atoms with Gasteiger partial charge in [0.05, 0.1) is 24.7 Å². The molecule has 2 saturated heterocycles. The van der Waals surface area contributed by atoms with Gasteiger partial charge in [-0.05, 0) is 21.8 Å². The fourth-order valence-corrected chi connectivity index (χ4v) is 9.52. The lowest BCUT2D eigenvalue weighted by Crippen LogP contribution is -2.67. The smallest absolute Gasteiger partial charge is 0.309 e. The Balaban J connectivity index is 1.62. The van der Waals surface area contributed by atoms with Gasteiger partial charge in [-0.15, -0.1) is 0 Å². The monoisotopic (exact) mass is 424 g/mol. The Labute approximate surface area is 180 Å². The minimum atomic E-state index is -2.58. The highest BCUT2D eigenvalue weighted by molar-refractivity contribution is 6.99. The number of carbonyl (C=O) groups is 1. The van der Waals surface area contributed by atoms with E-state index in [4.69, 9.17) is 13.9 Å². The van der Waals surface area contributed by atoms with Gasteiger partial charge in [-0.3, -0.25) is 4.79 Å². The molecule has 4 nitrogen and oxygen atoms in total. The van der Waals surface area contributed by atoms with Crippen LogP contribution in [0.3, 0.4) is 0 Å². The minimum Gasteiger partial charge on any atom is -0.459 e. The van der Waals surface area contributed by atoms with Gasteiger partial charge in [-0.2, -0.15) is 0 Å². The molecule has 30 heavy (non-hydrogen) atoms. The van der Waals surface area contributed by atoms with E-state index in [0.29, 0.717) is 13.0 Å². The maximum absolute atomic E-state index is 12.0. The van der Waals surface area contributed by atoms with Crippen molar-refractivity contribution in [3.63, 3.8) is 0 Å². The Morgan fingerprint density at radius 3 is 2.03 bits per heavy atom. The Kier molecular flexibility index (Phi) is 5.88. The van der Waals surface area contributed by atoms with Crippen molar-refractivity contribution in [3.8, 4) is 0 Å². The van der Waals surface area contributed by atoms with Crippen LogP contribution in [0.4, 0.5) is 0 Å². The molecule has 4 atom stereocenters. The van der Waals surface area contributed by atoms with Crippen LogP contribution in [0.5, 0.6) is 0 Å². The second kappa shape index (κ2) is 8.29. The van der Waals surface area contributed by atoms with Crippen LogP contribution in [0, 0.1) is 5.92 Å². The van der Waals surface area contributed by atoms with Crippen LogP contribution < -0.4 is 10.4 Å². The molecule has 0 N–H and O–H groups in total. The molecule has 2 aliphatic rings. The maximum atomic E-state index is 12.0. The Hall–Kier alpha value is -1.95. The Bertz CT molecular complexity index is 822. The highest BCUT2D eigenvalue weighted by atomic mass is 28.4. The number of hydrogen-bond acceptors (Lipinski definition) is 4. The van der Waals surface area contributed by atoms with Crippen molar-refractivity contribution in [1.82, 2.24) is 0 Å². The van der Waals surface area contributed by atoms with Gasteiger partial charge in [-0.25, -0.2) is 0 Å². The number of fused-ring (bicyclic) bond motifs is 1. The van der Waals surface area contributed by atoms with E-state index in [9.17, 15) is 4.79 Å². The second-order valence-corrected chi connectivity index (χ2v) is 13.9. The molecule has 0 bridgehead atoms. The summed E-state index contributed by atoms with van der Waals surface area (Å²) in [5.74, 6) is -0.198. The summed E-state index contributed by atoms with van der Waals surface area (Å²) in [6.45, 7) is 9.24. The minimum absolute atomic E-state index is 0.00884. The Morgan fingerprint density at radius 2 is 1.50 bits per heavy atom. The maximum Gasteiger partial charge on any atom is 0.309 e. The highest BCUT2D eigenvalue weighted by Gasteiger charge is 2.51. The number of hydrogen-bond donors (Lipinski definition) is 0. The summed E-state index contributed by atoms with van der Waals surface area (Å²) in [6, 6.07) is 21.3. The molecule has 4 rings (SSSR count). The van der Waals surface area contributed by atoms with Crippen LogP contribution in [0.1, 0.15) is 40.5 Å². The first-order chi connectivity index (χ1) is 14.3. The quantitative estimate of drug-likeness (QED) is 0.543. The summed E-state index contributed by atoms with van der Waals surface area (Å²) >= 11 is 0. The number of carbonyl (C=O) groups excluding carboxylic acids is 1. The summed E-state index contributed by atoms with van der Waals surface area (Å²) in [5, 5.41) is 2.46. The second-order valence-electron chi connectivity index (χ2n) is 9.62. The third kappa shape index (κ3) is 3.86. The molecule has 0 aromatic heterocycles. The molecule has 0 amide bonds. The molecule has 2 aromatic rings. The van der Waals surface area contributed by atoms with E-state index in [1.54, 1.807) is 0 Å². The zero-order chi connectivity index (χ0) is 21.4. The average molecular weight is 425 g/mol. The van der Waals surface area contributed by atoms with Crippen molar-refractivity contribution in [2.24, 2.45) is 5.92 Å². The fourth-order valence-electron chi connectivity index (χ4n) is 4.93. The summed E-state index contributed by atoms with van der Waals surface area (Å²) in [7, 11) is -2.58. The van der Waals surface area contributed by atoms with Gasteiger partial charge in [-0.1, -0.05) is 88.4 Å².